The fourth-order valence-corrected chi connectivity index (χ4v) is 2.14. The zero-order valence-electron chi connectivity index (χ0n) is 10.5. The van der Waals surface area contributed by atoms with Gasteiger partial charge in [-0.15, -0.1) is 0 Å². The topological polar surface area (TPSA) is 62.7 Å². The molecule has 1 amide bonds. The van der Waals surface area contributed by atoms with Gasteiger partial charge in [-0.3, -0.25) is 9.78 Å². The van der Waals surface area contributed by atoms with Crippen LogP contribution >= 0.6 is 0 Å². The van der Waals surface area contributed by atoms with Crippen molar-refractivity contribution in [3.8, 4) is 5.75 Å². The SMILES string of the molecule is CCC[C@@H]1CN(C(=O)c2ccncc2O)CCO1. The minimum Gasteiger partial charge on any atom is -0.505 e. The van der Waals surface area contributed by atoms with E-state index in [9.17, 15) is 9.90 Å². The first kappa shape index (κ1) is 12.8. The Morgan fingerprint density at radius 2 is 2.50 bits per heavy atom. The van der Waals surface area contributed by atoms with Crippen LogP contribution < -0.4 is 0 Å². The van der Waals surface area contributed by atoms with E-state index in [4.69, 9.17) is 4.74 Å². The minimum absolute atomic E-state index is 0.0685. The van der Waals surface area contributed by atoms with Crippen molar-refractivity contribution in [1.82, 2.24) is 9.88 Å². The van der Waals surface area contributed by atoms with Gasteiger partial charge < -0.3 is 14.7 Å². The normalized spacial score (nSPS) is 19.8. The summed E-state index contributed by atoms with van der Waals surface area (Å²) in [5.41, 5.74) is 0.308. The van der Waals surface area contributed by atoms with Crippen LogP contribution in [0.25, 0.3) is 0 Å². The van der Waals surface area contributed by atoms with E-state index in [2.05, 4.69) is 11.9 Å². The van der Waals surface area contributed by atoms with Gasteiger partial charge in [0.05, 0.1) is 24.5 Å². The third kappa shape index (κ3) is 2.79. The lowest BCUT2D eigenvalue weighted by atomic mass is 10.1. The van der Waals surface area contributed by atoms with Crippen LogP contribution in [-0.2, 0) is 4.74 Å². The molecular weight excluding hydrogens is 232 g/mol. The second kappa shape index (κ2) is 5.82. The predicted octanol–water partition coefficient (Wildman–Crippen LogP) is 1.43. The van der Waals surface area contributed by atoms with Gasteiger partial charge in [-0.2, -0.15) is 0 Å². The molecule has 1 N–H and O–H groups in total. The number of pyridine rings is 1. The lowest BCUT2D eigenvalue weighted by molar-refractivity contribution is -0.0251. The lowest BCUT2D eigenvalue weighted by Gasteiger charge is -2.33. The molecule has 0 aromatic carbocycles. The van der Waals surface area contributed by atoms with Crippen molar-refractivity contribution < 1.29 is 14.6 Å². The van der Waals surface area contributed by atoms with E-state index in [1.165, 1.54) is 12.4 Å². The van der Waals surface area contributed by atoms with Crippen molar-refractivity contribution in [3.05, 3.63) is 24.0 Å². The second-order valence-electron chi connectivity index (χ2n) is 4.43. The maximum atomic E-state index is 12.3. The van der Waals surface area contributed by atoms with E-state index < -0.39 is 0 Å². The molecule has 1 saturated heterocycles. The summed E-state index contributed by atoms with van der Waals surface area (Å²) in [4.78, 5) is 17.8. The zero-order chi connectivity index (χ0) is 13.0. The van der Waals surface area contributed by atoms with E-state index >= 15 is 0 Å². The maximum Gasteiger partial charge on any atom is 0.257 e. The molecule has 1 aromatic heterocycles. The van der Waals surface area contributed by atoms with Gasteiger partial charge in [-0.05, 0) is 12.5 Å². The summed E-state index contributed by atoms with van der Waals surface area (Å²) in [6.45, 7) is 3.82. The Balaban J connectivity index is 2.07. The average Bonchev–Trinajstić information content (AvgIpc) is 2.39. The number of aromatic nitrogens is 1. The van der Waals surface area contributed by atoms with Gasteiger partial charge in [-0.25, -0.2) is 0 Å². The summed E-state index contributed by atoms with van der Waals surface area (Å²) >= 11 is 0. The van der Waals surface area contributed by atoms with Gasteiger partial charge in [0.25, 0.3) is 5.91 Å². The highest BCUT2D eigenvalue weighted by Crippen LogP contribution is 2.19. The fraction of sp³-hybridized carbons (Fsp3) is 0.538. The van der Waals surface area contributed by atoms with Gasteiger partial charge in [0, 0.05) is 19.3 Å². The molecule has 0 spiro atoms. The Hall–Kier alpha value is -1.62. The molecule has 2 heterocycles. The minimum atomic E-state index is -0.153. The molecule has 0 radical (unpaired) electrons. The molecule has 0 saturated carbocycles. The Morgan fingerprint density at radius 1 is 1.67 bits per heavy atom. The Kier molecular flexibility index (Phi) is 4.15. The molecule has 5 nitrogen and oxygen atoms in total. The molecule has 1 atom stereocenters. The number of aromatic hydroxyl groups is 1. The van der Waals surface area contributed by atoms with Crippen LogP contribution in [-0.4, -0.2) is 46.7 Å². The quantitative estimate of drug-likeness (QED) is 0.881. The maximum absolute atomic E-state index is 12.3. The highest BCUT2D eigenvalue weighted by atomic mass is 16.5. The number of carbonyl (C=O) groups is 1. The van der Waals surface area contributed by atoms with Crippen molar-refractivity contribution in [2.24, 2.45) is 0 Å². The highest BCUT2D eigenvalue weighted by Gasteiger charge is 2.25. The summed E-state index contributed by atoms with van der Waals surface area (Å²) in [6.07, 6.45) is 4.89. The van der Waals surface area contributed by atoms with Gasteiger partial charge in [0.2, 0.25) is 0 Å². The van der Waals surface area contributed by atoms with E-state index in [1.54, 1.807) is 11.0 Å². The molecule has 0 bridgehead atoms. The lowest BCUT2D eigenvalue weighted by Crippen LogP contribution is -2.45. The number of ether oxygens (including phenoxy) is 1. The first-order chi connectivity index (χ1) is 8.72. The van der Waals surface area contributed by atoms with Gasteiger partial charge in [0.15, 0.2) is 0 Å². The third-order valence-corrected chi connectivity index (χ3v) is 3.07. The molecule has 1 aliphatic heterocycles. The van der Waals surface area contributed by atoms with Crippen molar-refractivity contribution in [2.75, 3.05) is 19.7 Å². The van der Waals surface area contributed by atoms with E-state index in [-0.39, 0.29) is 17.8 Å². The molecule has 2 rings (SSSR count). The van der Waals surface area contributed by atoms with Crippen LogP contribution in [0.3, 0.4) is 0 Å². The predicted molar refractivity (Wildman–Crippen MR) is 66.5 cm³/mol. The van der Waals surface area contributed by atoms with Crippen molar-refractivity contribution in [3.63, 3.8) is 0 Å². The third-order valence-electron chi connectivity index (χ3n) is 3.07. The Labute approximate surface area is 106 Å². The molecule has 0 aliphatic carbocycles. The summed E-state index contributed by atoms with van der Waals surface area (Å²) in [5.74, 6) is -0.222. The van der Waals surface area contributed by atoms with Crippen LogP contribution in [0, 0.1) is 0 Å². The standard InChI is InChI=1S/C13H18N2O3/c1-2-3-10-9-15(6-7-18-10)13(17)11-4-5-14-8-12(11)16/h4-5,8,10,16H,2-3,6-7,9H2,1H3/t10-/m1/s1. The number of hydrogen-bond acceptors (Lipinski definition) is 4. The number of morpholine rings is 1. The van der Waals surface area contributed by atoms with Crippen LogP contribution in [0.15, 0.2) is 18.5 Å². The molecule has 1 aromatic rings. The molecule has 98 valence electrons. The fourth-order valence-electron chi connectivity index (χ4n) is 2.14. The number of hydrogen-bond donors (Lipinski definition) is 1. The Morgan fingerprint density at radius 3 is 3.22 bits per heavy atom. The molecule has 5 heteroatoms. The molecule has 18 heavy (non-hydrogen) atoms. The molecular formula is C13H18N2O3. The van der Waals surface area contributed by atoms with Crippen LogP contribution in [0.1, 0.15) is 30.1 Å². The average molecular weight is 250 g/mol. The smallest absolute Gasteiger partial charge is 0.257 e. The van der Waals surface area contributed by atoms with Gasteiger partial charge in [0.1, 0.15) is 5.75 Å². The van der Waals surface area contributed by atoms with Crippen molar-refractivity contribution in [1.29, 1.82) is 0 Å². The summed E-state index contributed by atoms with van der Waals surface area (Å²) in [7, 11) is 0. The molecule has 0 unspecified atom stereocenters. The molecule has 1 aliphatic rings. The zero-order valence-corrected chi connectivity index (χ0v) is 10.5. The summed E-state index contributed by atoms with van der Waals surface area (Å²) in [5, 5.41) is 9.64. The molecule has 1 fully saturated rings. The number of amides is 1. The highest BCUT2D eigenvalue weighted by molar-refractivity contribution is 5.96. The first-order valence-electron chi connectivity index (χ1n) is 6.26. The monoisotopic (exact) mass is 250 g/mol. The largest absolute Gasteiger partial charge is 0.505 e. The summed E-state index contributed by atoms with van der Waals surface area (Å²) in [6, 6.07) is 1.54. The van der Waals surface area contributed by atoms with Gasteiger partial charge in [-0.1, -0.05) is 13.3 Å². The van der Waals surface area contributed by atoms with Gasteiger partial charge >= 0.3 is 0 Å². The van der Waals surface area contributed by atoms with Crippen molar-refractivity contribution >= 4 is 5.91 Å². The van der Waals surface area contributed by atoms with Crippen LogP contribution in [0.5, 0.6) is 5.75 Å². The summed E-state index contributed by atoms with van der Waals surface area (Å²) < 4.78 is 5.60. The number of carbonyl (C=O) groups excluding carboxylic acids is 1. The first-order valence-corrected chi connectivity index (χ1v) is 6.26. The van der Waals surface area contributed by atoms with Crippen molar-refractivity contribution in [2.45, 2.75) is 25.9 Å². The van der Waals surface area contributed by atoms with Crippen LogP contribution in [0.2, 0.25) is 0 Å². The van der Waals surface area contributed by atoms with E-state index in [0.29, 0.717) is 25.3 Å². The second-order valence-corrected chi connectivity index (χ2v) is 4.43. The number of rotatable bonds is 3. The number of nitrogens with zero attached hydrogens (tertiary/aromatic N) is 2. The Bertz CT molecular complexity index is 420. The van der Waals surface area contributed by atoms with Crippen LogP contribution in [0.4, 0.5) is 0 Å². The van der Waals surface area contributed by atoms with E-state index in [1.807, 2.05) is 0 Å². The van der Waals surface area contributed by atoms with E-state index in [0.717, 1.165) is 12.8 Å².